The second-order valence-corrected chi connectivity index (χ2v) is 7.35. The number of aromatic amines is 1. The van der Waals surface area contributed by atoms with Crippen molar-refractivity contribution in [2.45, 2.75) is 19.1 Å². The Morgan fingerprint density at radius 1 is 1.28 bits per heavy atom. The monoisotopic (exact) mass is 407 g/mol. The van der Waals surface area contributed by atoms with E-state index in [2.05, 4.69) is 36.5 Å². The maximum atomic E-state index is 12.8. The van der Waals surface area contributed by atoms with E-state index in [1.807, 2.05) is 54.2 Å². The number of thiophene rings is 1. The number of amides is 1. The predicted molar refractivity (Wildman–Crippen MR) is 113 cm³/mol. The maximum Gasteiger partial charge on any atom is 0.226 e. The van der Waals surface area contributed by atoms with E-state index < -0.39 is 0 Å². The number of anilines is 1. The van der Waals surface area contributed by atoms with E-state index in [9.17, 15) is 4.79 Å². The van der Waals surface area contributed by atoms with Gasteiger partial charge in [0.05, 0.1) is 12.5 Å². The summed E-state index contributed by atoms with van der Waals surface area (Å²) in [5.74, 6) is 1.17. The number of H-pyrrole nitrogens is 1. The summed E-state index contributed by atoms with van der Waals surface area (Å²) in [6.07, 6.45) is 4.31. The third-order valence-corrected chi connectivity index (χ3v) is 5.21. The van der Waals surface area contributed by atoms with Crippen LogP contribution in [-0.2, 0) is 16.1 Å². The summed E-state index contributed by atoms with van der Waals surface area (Å²) in [5.41, 5.74) is 2.66. The van der Waals surface area contributed by atoms with E-state index in [0.29, 0.717) is 30.4 Å². The molecule has 4 rings (SSSR count). The number of nitrogens with one attached hydrogen (secondary N) is 2. The van der Waals surface area contributed by atoms with Crippen LogP contribution >= 0.6 is 11.3 Å². The second-order valence-electron chi connectivity index (χ2n) is 6.57. The zero-order chi connectivity index (χ0) is 20.1. The fraction of sp³-hybridized carbons (Fsp3) is 0.190. The van der Waals surface area contributed by atoms with Crippen molar-refractivity contribution in [2.24, 2.45) is 0 Å². The van der Waals surface area contributed by atoms with Crippen molar-refractivity contribution in [3.63, 3.8) is 0 Å². The molecule has 3 aromatic heterocycles. The van der Waals surface area contributed by atoms with Crippen LogP contribution in [0, 0.1) is 0 Å². The highest BCUT2D eigenvalue weighted by molar-refractivity contribution is 7.08. The Hall–Kier alpha value is -3.23. The molecule has 0 aliphatic heterocycles. The van der Waals surface area contributed by atoms with Crippen LogP contribution in [0.5, 0.6) is 0 Å². The molecule has 0 fully saturated rings. The normalized spacial score (nSPS) is 12.0. The largest absolute Gasteiger partial charge is 0.377 e. The van der Waals surface area contributed by atoms with Gasteiger partial charge in [-0.05, 0) is 46.7 Å². The van der Waals surface area contributed by atoms with Crippen LogP contribution in [0.15, 0.2) is 65.6 Å². The topological polar surface area (TPSA) is 84.8 Å². The Morgan fingerprint density at radius 3 is 2.90 bits per heavy atom. The van der Waals surface area contributed by atoms with Crippen LogP contribution in [0.4, 0.5) is 5.69 Å². The van der Waals surface area contributed by atoms with E-state index in [1.165, 1.54) is 0 Å². The van der Waals surface area contributed by atoms with E-state index in [4.69, 9.17) is 4.74 Å². The van der Waals surface area contributed by atoms with Crippen LogP contribution < -0.4 is 5.32 Å². The Balaban J connectivity index is 1.48. The molecule has 8 heteroatoms. The molecule has 1 atom stereocenters. The Labute approximate surface area is 172 Å². The Morgan fingerprint density at radius 2 is 2.14 bits per heavy atom. The molecule has 1 amide bonds. The summed E-state index contributed by atoms with van der Waals surface area (Å²) in [7, 11) is 1.61. The zero-order valence-corrected chi connectivity index (χ0v) is 16.7. The lowest BCUT2D eigenvalue weighted by Crippen LogP contribution is -2.19. The quantitative estimate of drug-likeness (QED) is 0.461. The number of hydrogen-bond donors (Lipinski definition) is 2. The first kappa shape index (κ1) is 19.1. The van der Waals surface area contributed by atoms with Gasteiger partial charge in [-0.1, -0.05) is 12.1 Å². The molecule has 0 saturated carbocycles. The molecule has 7 nitrogen and oxygen atoms in total. The minimum absolute atomic E-state index is 0.0379. The molecule has 0 radical (unpaired) electrons. The first-order valence-electron chi connectivity index (χ1n) is 9.18. The number of hydrogen-bond acceptors (Lipinski definition) is 5. The summed E-state index contributed by atoms with van der Waals surface area (Å²) in [4.78, 5) is 17.2. The van der Waals surface area contributed by atoms with Gasteiger partial charge in [0.25, 0.3) is 0 Å². The van der Waals surface area contributed by atoms with Gasteiger partial charge in [-0.2, -0.15) is 16.4 Å². The lowest BCUT2D eigenvalue weighted by atomic mass is 10.1. The van der Waals surface area contributed by atoms with E-state index in [0.717, 1.165) is 11.1 Å². The van der Waals surface area contributed by atoms with E-state index in [1.54, 1.807) is 18.4 Å². The van der Waals surface area contributed by atoms with Gasteiger partial charge in [-0.25, -0.2) is 4.98 Å². The van der Waals surface area contributed by atoms with Crippen LogP contribution in [0.25, 0.3) is 11.4 Å². The molecule has 0 saturated heterocycles. The molecule has 0 bridgehead atoms. The standard InChI is InChI=1S/C21H21N5O2S/c1-28-13-19-23-21(25-24-19)15-5-4-6-17(11-15)22-20(27)12-18(16-7-10-29-14-16)26-8-2-3-9-26/h2-11,14,18H,12-13H2,1H3,(H,22,27)(H,23,24,25). The molecule has 4 aromatic rings. The summed E-state index contributed by atoms with van der Waals surface area (Å²) < 4.78 is 7.12. The van der Waals surface area contributed by atoms with Crippen LogP contribution in [-0.4, -0.2) is 32.8 Å². The van der Waals surface area contributed by atoms with Gasteiger partial charge in [0.15, 0.2) is 11.6 Å². The number of aromatic nitrogens is 4. The maximum absolute atomic E-state index is 12.8. The zero-order valence-electron chi connectivity index (χ0n) is 15.9. The number of rotatable bonds is 8. The lowest BCUT2D eigenvalue weighted by Gasteiger charge is -2.18. The first-order valence-corrected chi connectivity index (χ1v) is 10.1. The van der Waals surface area contributed by atoms with Crippen molar-refractivity contribution in [1.82, 2.24) is 19.7 Å². The number of nitrogens with zero attached hydrogens (tertiary/aromatic N) is 3. The van der Waals surface area contributed by atoms with Crippen molar-refractivity contribution in [3.8, 4) is 11.4 Å². The van der Waals surface area contributed by atoms with E-state index in [-0.39, 0.29) is 11.9 Å². The van der Waals surface area contributed by atoms with E-state index >= 15 is 0 Å². The third kappa shape index (κ3) is 4.61. The average molecular weight is 407 g/mol. The van der Waals surface area contributed by atoms with Gasteiger partial charge >= 0.3 is 0 Å². The van der Waals surface area contributed by atoms with Crippen molar-refractivity contribution in [3.05, 3.63) is 77.0 Å². The number of methoxy groups -OCH3 is 1. The van der Waals surface area contributed by atoms with Gasteiger partial charge in [0.2, 0.25) is 5.91 Å². The van der Waals surface area contributed by atoms with Gasteiger partial charge in [-0.3, -0.25) is 9.89 Å². The molecule has 2 N–H and O–H groups in total. The molecule has 3 heterocycles. The molecule has 0 spiro atoms. The highest BCUT2D eigenvalue weighted by atomic mass is 32.1. The molecule has 148 valence electrons. The Kier molecular flexibility index (Phi) is 5.83. The highest BCUT2D eigenvalue weighted by Crippen LogP contribution is 2.26. The van der Waals surface area contributed by atoms with Crippen molar-refractivity contribution in [1.29, 1.82) is 0 Å². The fourth-order valence-electron chi connectivity index (χ4n) is 3.16. The van der Waals surface area contributed by atoms with Crippen LogP contribution in [0.3, 0.4) is 0 Å². The summed E-state index contributed by atoms with van der Waals surface area (Å²) in [5, 5.41) is 14.2. The minimum atomic E-state index is -0.0536. The molecule has 1 unspecified atom stereocenters. The average Bonchev–Trinajstić information content (AvgIpc) is 3.49. The summed E-state index contributed by atoms with van der Waals surface area (Å²) >= 11 is 1.63. The molecular weight excluding hydrogens is 386 g/mol. The minimum Gasteiger partial charge on any atom is -0.377 e. The fourth-order valence-corrected chi connectivity index (χ4v) is 3.87. The van der Waals surface area contributed by atoms with Gasteiger partial charge in [-0.15, -0.1) is 0 Å². The smallest absolute Gasteiger partial charge is 0.226 e. The summed E-state index contributed by atoms with van der Waals surface area (Å²) in [6, 6.07) is 13.5. The number of carbonyl (C=O) groups is 1. The molecule has 0 aliphatic rings. The number of ether oxygens (including phenoxy) is 1. The van der Waals surface area contributed by atoms with Crippen molar-refractivity contribution < 1.29 is 9.53 Å². The molecular formula is C21H21N5O2S. The first-order chi connectivity index (χ1) is 14.2. The van der Waals surface area contributed by atoms with Crippen molar-refractivity contribution >= 4 is 22.9 Å². The SMILES string of the molecule is COCc1nc(-c2cccc(NC(=O)CC(c3ccsc3)n3cccc3)c2)n[nH]1. The predicted octanol–water partition coefficient (Wildman–Crippen LogP) is 4.10. The van der Waals surface area contributed by atoms with Crippen molar-refractivity contribution in [2.75, 3.05) is 12.4 Å². The van der Waals surface area contributed by atoms with Gasteiger partial charge < -0.3 is 14.6 Å². The van der Waals surface area contributed by atoms with Crippen LogP contribution in [0.1, 0.15) is 23.9 Å². The lowest BCUT2D eigenvalue weighted by molar-refractivity contribution is -0.116. The number of carbonyl (C=O) groups excluding carboxylic acids is 1. The molecule has 1 aromatic carbocycles. The Bertz CT molecular complexity index is 1020. The second kappa shape index (κ2) is 8.85. The summed E-state index contributed by atoms with van der Waals surface area (Å²) in [6.45, 7) is 0.368. The third-order valence-electron chi connectivity index (χ3n) is 4.51. The van der Waals surface area contributed by atoms with Gasteiger partial charge in [0, 0.05) is 30.8 Å². The van der Waals surface area contributed by atoms with Crippen LogP contribution in [0.2, 0.25) is 0 Å². The van der Waals surface area contributed by atoms with Gasteiger partial charge in [0.1, 0.15) is 6.61 Å². The molecule has 29 heavy (non-hydrogen) atoms. The highest BCUT2D eigenvalue weighted by Gasteiger charge is 2.18. The molecule has 0 aliphatic carbocycles. The number of benzene rings is 1.